The van der Waals surface area contributed by atoms with E-state index in [1.54, 1.807) is 0 Å². The van der Waals surface area contributed by atoms with Crippen molar-refractivity contribution in [1.29, 1.82) is 0 Å². The third-order valence-electron chi connectivity index (χ3n) is 10.3. The standard InChI is InChI=1S/C48H54N4O/c1-45(2,3)32-16-18-40-41-19-17-39(30-43(41)52(42(40)27-32)44-28-33(20-21-49-44)46(4,5)6)53-38-15-13-14-36(29-38)50-22-23-51(31-50)37-25-34(47(7,8)9)24-35(26-37)48(10,11)12/h13-30H,1-12H3. The molecule has 0 aliphatic carbocycles. The third-order valence-corrected chi connectivity index (χ3v) is 10.3. The molecular formula is C48H54N4O. The molecule has 0 radical (unpaired) electrons. The lowest BCUT2D eigenvalue weighted by molar-refractivity contribution is -0.599. The Hall–Kier alpha value is -5.16. The topological polar surface area (TPSA) is 35.9 Å². The Balaban J connectivity index is 1.27. The number of pyridine rings is 1. The molecule has 0 atom stereocenters. The summed E-state index contributed by atoms with van der Waals surface area (Å²) in [6.45, 7) is 27.1. The molecule has 0 spiro atoms. The minimum absolute atomic E-state index is 0.00540. The van der Waals surface area contributed by atoms with Crippen molar-refractivity contribution >= 4 is 21.8 Å². The molecule has 0 aliphatic rings. The van der Waals surface area contributed by atoms with Crippen LogP contribution in [0.1, 0.15) is 105 Å². The van der Waals surface area contributed by atoms with Crippen LogP contribution in [-0.2, 0) is 21.7 Å². The summed E-state index contributed by atoms with van der Waals surface area (Å²) < 4.78 is 13.0. The van der Waals surface area contributed by atoms with Gasteiger partial charge in [0.15, 0.2) is 0 Å². The molecule has 0 aliphatic heterocycles. The third kappa shape index (κ3) is 7.27. The van der Waals surface area contributed by atoms with E-state index in [4.69, 9.17) is 9.72 Å². The summed E-state index contributed by atoms with van der Waals surface area (Å²) in [5.41, 5.74) is 9.50. The highest BCUT2D eigenvalue weighted by atomic mass is 16.5. The lowest BCUT2D eigenvalue weighted by Gasteiger charge is -2.26. The predicted octanol–water partition coefficient (Wildman–Crippen LogP) is 12.0. The van der Waals surface area contributed by atoms with Crippen molar-refractivity contribution in [1.82, 2.24) is 14.1 Å². The first kappa shape index (κ1) is 36.2. The van der Waals surface area contributed by atoms with E-state index in [0.29, 0.717) is 0 Å². The van der Waals surface area contributed by atoms with E-state index in [1.165, 1.54) is 33.0 Å². The van der Waals surface area contributed by atoms with Gasteiger partial charge < -0.3 is 4.74 Å². The molecule has 3 aromatic heterocycles. The van der Waals surface area contributed by atoms with E-state index in [1.807, 2.05) is 22.9 Å². The Labute approximate surface area is 315 Å². The van der Waals surface area contributed by atoms with Crippen LogP contribution in [0.15, 0.2) is 110 Å². The van der Waals surface area contributed by atoms with Gasteiger partial charge in [-0.25, -0.2) is 4.98 Å². The van der Waals surface area contributed by atoms with Crippen LogP contribution in [0.4, 0.5) is 0 Å². The summed E-state index contributed by atoms with van der Waals surface area (Å²) in [5.74, 6) is 2.43. The number of imidazole rings is 1. The van der Waals surface area contributed by atoms with Crippen LogP contribution < -0.4 is 9.30 Å². The van der Waals surface area contributed by atoms with Gasteiger partial charge in [0.1, 0.15) is 17.3 Å². The second-order valence-electron chi connectivity index (χ2n) is 18.7. The minimum Gasteiger partial charge on any atom is -0.458 e. The zero-order chi connectivity index (χ0) is 38.1. The van der Waals surface area contributed by atoms with Gasteiger partial charge in [-0.05, 0) is 105 Å². The largest absolute Gasteiger partial charge is 0.458 e. The molecule has 4 aromatic carbocycles. The highest BCUT2D eigenvalue weighted by Crippen LogP contribution is 2.38. The summed E-state index contributed by atoms with van der Waals surface area (Å²) in [5, 5.41) is 2.37. The van der Waals surface area contributed by atoms with E-state index >= 15 is 0 Å². The van der Waals surface area contributed by atoms with E-state index in [-0.39, 0.29) is 21.7 Å². The summed E-state index contributed by atoms with van der Waals surface area (Å²) in [6.07, 6.45) is 9.61. The van der Waals surface area contributed by atoms with Crippen LogP contribution in [-0.4, -0.2) is 14.1 Å². The smallest absolute Gasteiger partial charge is 0.268 e. The molecule has 0 saturated carbocycles. The SMILES string of the molecule is CC(C)(C)c1cc(-[n+]2[c-]n(-c3cccc(Oc4ccc5c6ccc(C(C)(C)C)cc6n(-c6cc(C(C)(C)C)ccn6)c5c4)c3)cc2)cc(C(C)(C)C)c1. The fourth-order valence-electron chi connectivity index (χ4n) is 6.84. The van der Waals surface area contributed by atoms with Gasteiger partial charge in [-0.2, -0.15) is 0 Å². The first-order valence-electron chi connectivity index (χ1n) is 18.8. The quantitative estimate of drug-likeness (QED) is 0.132. The minimum atomic E-state index is -0.00540. The number of ether oxygens (including phenoxy) is 1. The summed E-state index contributed by atoms with van der Waals surface area (Å²) in [7, 11) is 0. The average Bonchev–Trinajstić information content (AvgIpc) is 3.70. The van der Waals surface area contributed by atoms with Gasteiger partial charge >= 0.3 is 0 Å². The van der Waals surface area contributed by atoms with Crippen molar-refractivity contribution in [3.8, 4) is 28.7 Å². The van der Waals surface area contributed by atoms with Crippen molar-refractivity contribution in [3.05, 3.63) is 138 Å². The fourth-order valence-corrected chi connectivity index (χ4v) is 6.84. The number of fused-ring (bicyclic) bond motifs is 3. The van der Waals surface area contributed by atoms with Gasteiger partial charge in [-0.1, -0.05) is 107 Å². The number of aromatic nitrogens is 4. The molecule has 5 nitrogen and oxygen atoms in total. The van der Waals surface area contributed by atoms with Crippen molar-refractivity contribution < 1.29 is 9.30 Å². The zero-order valence-electron chi connectivity index (χ0n) is 33.6. The van der Waals surface area contributed by atoms with Gasteiger partial charge in [-0.15, -0.1) is 0 Å². The van der Waals surface area contributed by atoms with Gasteiger partial charge in [-0.3, -0.25) is 13.7 Å². The molecule has 0 bridgehead atoms. The molecule has 3 heterocycles. The number of nitrogens with zero attached hydrogens (tertiary/aromatic N) is 4. The second kappa shape index (κ2) is 12.8. The van der Waals surface area contributed by atoms with Crippen LogP contribution >= 0.6 is 0 Å². The normalized spacial score (nSPS) is 12.9. The van der Waals surface area contributed by atoms with E-state index in [9.17, 15) is 0 Å². The fraction of sp³-hybridized carbons (Fsp3) is 0.333. The van der Waals surface area contributed by atoms with Crippen LogP contribution in [0, 0.1) is 6.33 Å². The van der Waals surface area contributed by atoms with E-state index in [2.05, 4.69) is 190 Å². The molecule has 0 fully saturated rings. The first-order chi connectivity index (χ1) is 24.8. The predicted molar refractivity (Wildman–Crippen MR) is 220 cm³/mol. The maximum atomic E-state index is 6.62. The number of hydrogen-bond acceptors (Lipinski definition) is 2. The molecule has 0 saturated heterocycles. The molecule has 5 heteroatoms. The average molecular weight is 703 g/mol. The summed E-state index contributed by atoms with van der Waals surface area (Å²) in [6, 6.07) is 32.7. The van der Waals surface area contributed by atoms with Gasteiger partial charge in [0.2, 0.25) is 0 Å². The highest BCUT2D eigenvalue weighted by Gasteiger charge is 2.23. The molecule has 7 rings (SSSR count). The van der Waals surface area contributed by atoms with Crippen molar-refractivity contribution in [2.75, 3.05) is 0 Å². The van der Waals surface area contributed by atoms with Gasteiger partial charge in [0.05, 0.1) is 22.4 Å². The molecule has 0 unspecified atom stereocenters. The molecular weight excluding hydrogens is 649 g/mol. The Morgan fingerprint density at radius 1 is 0.566 bits per heavy atom. The molecule has 53 heavy (non-hydrogen) atoms. The monoisotopic (exact) mass is 702 g/mol. The van der Waals surface area contributed by atoms with E-state index in [0.717, 1.165) is 39.7 Å². The zero-order valence-corrected chi connectivity index (χ0v) is 33.6. The van der Waals surface area contributed by atoms with Crippen LogP contribution in [0.25, 0.3) is 39.0 Å². The number of benzene rings is 4. The molecule has 0 amide bonds. The van der Waals surface area contributed by atoms with Crippen LogP contribution in [0.2, 0.25) is 0 Å². The summed E-state index contributed by atoms with van der Waals surface area (Å²) >= 11 is 0. The van der Waals surface area contributed by atoms with Crippen LogP contribution in [0.5, 0.6) is 11.5 Å². The second-order valence-corrected chi connectivity index (χ2v) is 18.7. The summed E-state index contributed by atoms with van der Waals surface area (Å²) in [4.78, 5) is 4.92. The maximum Gasteiger partial charge on any atom is 0.268 e. The van der Waals surface area contributed by atoms with Crippen LogP contribution in [0.3, 0.4) is 0 Å². The first-order valence-corrected chi connectivity index (χ1v) is 18.8. The Morgan fingerprint density at radius 3 is 1.79 bits per heavy atom. The molecule has 7 aromatic rings. The van der Waals surface area contributed by atoms with Crippen molar-refractivity contribution in [2.45, 2.75) is 105 Å². The van der Waals surface area contributed by atoms with Gasteiger partial charge in [0.25, 0.3) is 6.33 Å². The van der Waals surface area contributed by atoms with Crippen molar-refractivity contribution in [3.63, 3.8) is 0 Å². The Kier molecular flexibility index (Phi) is 8.71. The maximum absolute atomic E-state index is 6.62. The highest BCUT2D eigenvalue weighted by molar-refractivity contribution is 6.09. The van der Waals surface area contributed by atoms with Crippen molar-refractivity contribution in [2.24, 2.45) is 0 Å². The Morgan fingerprint density at radius 2 is 1.15 bits per heavy atom. The molecule has 272 valence electrons. The number of rotatable bonds is 5. The Bertz CT molecular complexity index is 2440. The lowest BCUT2D eigenvalue weighted by Crippen LogP contribution is -2.30. The lowest BCUT2D eigenvalue weighted by atomic mass is 9.80. The van der Waals surface area contributed by atoms with E-state index < -0.39 is 0 Å². The number of hydrogen-bond donors (Lipinski definition) is 0. The van der Waals surface area contributed by atoms with Gasteiger partial charge in [0, 0.05) is 35.4 Å². The molecule has 0 N–H and O–H groups in total.